The Kier molecular flexibility index (Phi) is 5.85. The molecule has 2 amide bonds. The summed E-state index contributed by atoms with van der Waals surface area (Å²) < 4.78 is 5.48. The fraction of sp³-hybridized carbons (Fsp3) is 0.400. The van der Waals surface area contributed by atoms with Crippen LogP contribution in [0.15, 0.2) is 24.4 Å². The van der Waals surface area contributed by atoms with E-state index in [1.165, 1.54) is 5.56 Å². The molecule has 0 radical (unpaired) electrons. The summed E-state index contributed by atoms with van der Waals surface area (Å²) in [5.74, 6) is -0.0919. The quantitative estimate of drug-likeness (QED) is 0.611. The Morgan fingerprint density at radius 3 is 2.97 bits per heavy atom. The Morgan fingerprint density at radius 2 is 2.18 bits per heavy atom. The molecular formula is C25H27ClN4O3. The van der Waals surface area contributed by atoms with Crippen LogP contribution in [0.5, 0.6) is 0 Å². The van der Waals surface area contributed by atoms with Crippen LogP contribution in [0.1, 0.15) is 51.3 Å². The van der Waals surface area contributed by atoms with E-state index in [0.717, 1.165) is 52.5 Å². The molecule has 7 nitrogen and oxygen atoms in total. The van der Waals surface area contributed by atoms with Crippen molar-refractivity contribution in [2.24, 2.45) is 0 Å². The molecule has 8 heteroatoms. The number of carbonyl (C=O) groups is 2. The van der Waals surface area contributed by atoms with Crippen molar-refractivity contribution in [2.45, 2.75) is 52.3 Å². The summed E-state index contributed by atoms with van der Waals surface area (Å²) in [6.07, 6.45) is 3.92. The maximum absolute atomic E-state index is 13.4. The molecular weight excluding hydrogens is 440 g/mol. The number of hydrogen-bond donors (Lipinski definition) is 2. The lowest BCUT2D eigenvalue weighted by molar-refractivity contribution is -0.130. The minimum atomic E-state index is -0.347. The molecule has 1 saturated heterocycles. The van der Waals surface area contributed by atoms with Crippen molar-refractivity contribution in [3.8, 4) is 0 Å². The molecule has 1 atom stereocenters. The Balaban J connectivity index is 1.35. The predicted octanol–water partition coefficient (Wildman–Crippen LogP) is 3.83. The van der Waals surface area contributed by atoms with Gasteiger partial charge in [-0.3, -0.25) is 14.6 Å². The molecule has 1 aromatic carbocycles. The second kappa shape index (κ2) is 8.80. The number of nitrogens with zero attached hydrogens (tertiary/aromatic N) is 2. The number of ether oxygens (including phenoxy) is 1. The molecule has 0 bridgehead atoms. The van der Waals surface area contributed by atoms with Crippen molar-refractivity contribution in [2.75, 3.05) is 13.2 Å². The molecule has 2 aromatic heterocycles. The number of pyridine rings is 1. The van der Waals surface area contributed by atoms with Gasteiger partial charge in [-0.05, 0) is 73.6 Å². The third-order valence-electron chi connectivity index (χ3n) is 6.78. The number of carbonyl (C=O) groups excluding carboxylic acids is 2. The van der Waals surface area contributed by atoms with Gasteiger partial charge in [-0.1, -0.05) is 11.6 Å². The first-order chi connectivity index (χ1) is 15.9. The number of aromatic amines is 1. The molecule has 0 unspecified atom stereocenters. The third kappa shape index (κ3) is 4.11. The van der Waals surface area contributed by atoms with Crippen LogP contribution in [-0.4, -0.2) is 45.9 Å². The van der Waals surface area contributed by atoms with Crippen molar-refractivity contribution in [1.29, 1.82) is 0 Å². The smallest absolute Gasteiger partial charge is 0.270 e. The number of fused-ring (bicyclic) bond motifs is 2. The number of halogens is 1. The number of amides is 2. The van der Waals surface area contributed by atoms with Crippen LogP contribution in [0.4, 0.5) is 0 Å². The molecule has 1 fully saturated rings. The lowest BCUT2D eigenvalue weighted by Crippen LogP contribution is -2.38. The van der Waals surface area contributed by atoms with Gasteiger partial charge >= 0.3 is 0 Å². The molecule has 2 aliphatic heterocycles. The van der Waals surface area contributed by atoms with Crippen LogP contribution in [0.2, 0.25) is 5.02 Å². The summed E-state index contributed by atoms with van der Waals surface area (Å²) in [6.45, 7) is 6.08. The lowest BCUT2D eigenvalue weighted by atomic mass is 9.94. The van der Waals surface area contributed by atoms with E-state index in [0.29, 0.717) is 37.0 Å². The van der Waals surface area contributed by atoms with Crippen LogP contribution >= 0.6 is 11.6 Å². The first-order valence-electron chi connectivity index (χ1n) is 11.3. The number of hydrogen-bond acceptors (Lipinski definition) is 4. The SMILES string of the molecule is Cc1ncc2c(c1CNC(=O)[C@@H]1CCCO1)CCN(C(=O)c1[nH]c3ccc(Cl)cc3c1C)C2. The highest BCUT2D eigenvalue weighted by Gasteiger charge is 2.28. The van der Waals surface area contributed by atoms with E-state index in [-0.39, 0.29) is 17.9 Å². The summed E-state index contributed by atoms with van der Waals surface area (Å²) in [7, 11) is 0. The van der Waals surface area contributed by atoms with Crippen molar-refractivity contribution >= 4 is 34.3 Å². The fourth-order valence-electron chi connectivity index (χ4n) is 4.87. The summed E-state index contributed by atoms with van der Waals surface area (Å²) in [4.78, 5) is 35.4. The summed E-state index contributed by atoms with van der Waals surface area (Å²) >= 11 is 6.14. The van der Waals surface area contributed by atoms with Gasteiger partial charge in [-0.2, -0.15) is 0 Å². The Labute approximate surface area is 197 Å². The van der Waals surface area contributed by atoms with Gasteiger partial charge in [0.2, 0.25) is 5.91 Å². The van der Waals surface area contributed by atoms with E-state index in [4.69, 9.17) is 16.3 Å². The number of benzene rings is 1. The minimum Gasteiger partial charge on any atom is -0.368 e. The molecule has 4 heterocycles. The number of H-pyrrole nitrogens is 1. The number of aromatic nitrogens is 2. The maximum atomic E-state index is 13.4. The minimum absolute atomic E-state index is 0.0284. The third-order valence-corrected chi connectivity index (χ3v) is 7.01. The molecule has 5 rings (SSSR count). The van der Waals surface area contributed by atoms with E-state index >= 15 is 0 Å². The second-order valence-corrected chi connectivity index (χ2v) is 9.27. The van der Waals surface area contributed by atoms with Gasteiger partial charge in [0, 0.05) is 54.1 Å². The molecule has 0 aliphatic carbocycles. The zero-order valence-corrected chi connectivity index (χ0v) is 19.6. The van der Waals surface area contributed by atoms with Gasteiger partial charge in [-0.25, -0.2) is 0 Å². The largest absolute Gasteiger partial charge is 0.368 e. The highest BCUT2D eigenvalue weighted by molar-refractivity contribution is 6.31. The zero-order chi connectivity index (χ0) is 23.1. The molecule has 2 aliphatic rings. The Morgan fingerprint density at radius 1 is 1.33 bits per heavy atom. The molecule has 172 valence electrons. The summed E-state index contributed by atoms with van der Waals surface area (Å²) in [5.41, 5.74) is 6.56. The molecule has 0 saturated carbocycles. The van der Waals surface area contributed by atoms with Gasteiger partial charge in [0.15, 0.2) is 0 Å². The predicted molar refractivity (Wildman–Crippen MR) is 126 cm³/mol. The molecule has 33 heavy (non-hydrogen) atoms. The van der Waals surface area contributed by atoms with Crippen molar-refractivity contribution < 1.29 is 14.3 Å². The number of rotatable bonds is 4. The Hall–Kier alpha value is -2.90. The van der Waals surface area contributed by atoms with Crippen LogP contribution in [-0.2, 0) is 29.0 Å². The highest BCUT2D eigenvalue weighted by Crippen LogP contribution is 2.29. The van der Waals surface area contributed by atoms with E-state index in [9.17, 15) is 9.59 Å². The monoisotopic (exact) mass is 466 g/mol. The topological polar surface area (TPSA) is 87.3 Å². The second-order valence-electron chi connectivity index (χ2n) is 8.84. The fourth-order valence-corrected chi connectivity index (χ4v) is 5.05. The van der Waals surface area contributed by atoms with E-state index in [1.807, 2.05) is 43.1 Å². The van der Waals surface area contributed by atoms with Crippen molar-refractivity contribution in [3.05, 3.63) is 63.1 Å². The summed E-state index contributed by atoms with van der Waals surface area (Å²) in [6, 6.07) is 5.60. The van der Waals surface area contributed by atoms with Crippen LogP contribution in [0, 0.1) is 13.8 Å². The molecule has 2 N–H and O–H groups in total. The zero-order valence-electron chi connectivity index (χ0n) is 18.8. The van der Waals surface area contributed by atoms with E-state index < -0.39 is 0 Å². The van der Waals surface area contributed by atoms with Gasteiger partial charge in [0.1, 0.15) is 11.8 Å². The van der Waals surface area contributed by atoms with Crippen molar-refractivity contribution in [1.82, 2.24) is 20.2 Å². The first kappa shape index (κ1) is 21.9. The van der Waals surface area contributed by atoms with Gasteiger partial charge in [-0.15, -0.1) is 0 Å². The maximum Gasteiger partial charge on any atom is 0.270 e. The Bertz CT molecular complexity index is 1250. The van der Waals surface area contributed by atoms with Gasteiger partial charge < -0.3 is 19.9 Å². The number of aryl methyl sites for hydroxylation is 2. The van der Waals surface area contributed by atoms with E-state index in [1.54, 1.807) is 0 Å². The molecule has 3 aromatic rings. The average Bonchev–Trinajstić information content (AvgIpc) is 3.46. The highest BCUT2D eigenvalue weighted by atomic mass is 35.5. The molecule has 0 spiro atoms. The standard InChI is InChI=1S/C25H27ClN4O3/c1-14-19-10-17(26)5-6-21(19)29-23(14)25(32)30-8-7-18-16(13-30)11-27-15(2)20(18)12-28-24(31)22-4-3-9-33-22/h5-6,10-11,22,29H,3-4,7-9,12-13H2,1-2H3,(H,28,31)/t22-/m0/s1. The van der Waals surface area contributed by atoms with Crippen LogP contribution < -0.4 is 5.32 Å². The van der Waals surface area contributed by atoms with Gasteiger partial charge in [0.05, 0.1) is 0 Å². The van der Waals surface area contributed by atoms with Crippen LogP contribution in [0.25, 0.3) is 10.9 Å². The van der Waals surface area contributed by atoms with Gasteiger partial charge in [0.25, 0.3) is 5.91 Å². The lowest BCUT2D eigenvalue weighted by Gasteiger charge is -2.30. The normalized spacial score (nSPS) is 17.9. The van der Waals surface area contributed by atoms with Crippen molar-refractivity contribution in [3.63, 3.8) is 0 Å². The first-order valence-corrected chi connectivity index (χ1v) is 11.7. The summed E-state index contributed by atoms with van der Waals surface area (Å²) in [5, 5.41) is 4.63. The average molecular weight is 467 g/mol. The van der Waals surface area contributed by atoms with E-state index in [2.05, 4.69) is 15.3 Å². The van der Waals surface area contributed by atoms with Crippen LogP contribution in [0.3, 0.4) is 0 Å². The number of nitrogens with one attached hydrogen (secondary N) is 2.